The van der Waals surface area contributed by atoms with E-state index in [1.807, 2.05) is 0 Å². The minimum atomic E-state index is -4.08. The Morgan fingerprint density at radius 3 is 2.43 bits per heavy atom. The monoisotopic (exact) mass is 238 g/mol. The zero-order valence-corrected chi connectivity index (χ0v) is 9.12. The predicted molar refractivity (Wildman–Crippen MR) is 50.7 cm³/mol. The molecular formula is C8H8ClFO3S. The Bertz CT molecular complexity index is 456. The molecule has 0 aliphatic heterocycles. The summed E-state index contributed by atoms with van der Waals surface area (Å²) >= 11 is 0. The third kappa shape index (κ3) is 1.99. The van der Waals surface area contributed by atoms with E-state index < -0.39 is 19.8 Å². The lowest BCUT2D eigenvalue weighted by molar-refractivity contribution is 0.407. The Morgan fingerprint density at radius 2 is 2.00 bits per heavy atom. The van der Waals surface area contributed by atoms with E-state index in [4.69, 9.17) is 15.4 Å². The zero-order chi connectivity index (χ0) is 10.9. The second-order valence-corrected chi connectivity index (χ2v) is 5.14. The Labute approximate surface area is 85.9 Å². The van der Waals surface area contributed by atoms with E-state index in [0.29, 0.717) is 0 Å². The number of ether oxygens (including phenoxy) is 1. The van der Waals surface area contributed by atoms with Crippen molar-refractivity contribution in [2.24, 2.45) is 0 Å². The summed E-state index contributed by atoms with van der Waals surface area (Å²) < 4.78 is 40.0. The highest BCUT2D eigenvalue weighted by Gasteiger charge is 2.21. The lowest BCUT2D eigenvalue weighted by Crippen LogP contribution is -2.01. The van der Waals surface area contributed by atoms with Crippen molar-refractivity contribution in [3.63, 3.8) is 0 Å². The molecule has 78 valence electrons. The molecule has 0 bridgehead atoms. The summed E-state index contributed by atoms with van der Waals surface area (Å²) in [7, 11) is 2.36. The fourth-order valence-corrected chi connectivity index (χ4v) is 2.50. The molecule has 0 unspecified atom stereocenters. The van der Waals surface area contributed by atoms with Crippen LogP contribution in [0.15, 0.2) is 17.0 Å². The van der Waals surface area contributed by atoms with E-state index in [1.165, 1.54) is 20.1 Å². The van der Waals surface area contributed by atoms with E-state index in [9.17, 15) is 12.8 Å². The molecule has 1 rings (SSSR count). The van der Waals surface area contributed by atoms with Gasteiger partial charge in [-0.1, -0.05) is 0 Å². The number of benzene rings is 1. The van der Waals surface area contributed by atoms with Gasteiger partial charge in [-0.05, 0) is 19.1 Å². The molecular weight excluding hydrogens is 231 g/mol. The van der Waals surface area contributed by atoms with E-state index in [-0.39, 0.29) is 11.3 Å². The van der Waals surface area contributed by atoms with E-state index in [0.717, 1.165) is 6.07 Å². The van der Waals surface area contributed by atoms with Gasteiger partial charge in [0.25, 0.3) is 9.05 Å². The van der Waals surface area contributed by atoms with Gasteiger partial charge < -0.3 is 4.74 Å². The van der Waals surface area contributed by atoms with Gasteiger partial charge in [0.05, 0.1) is 7.11 Å². The molecule has 0 aromatic heterocycles. The molecule has 0 spiro atoms. The maximum absolute atomic E-state index is 13.1. The van der Waals surface area contributed by atoms with Crippen LogP contribution in [0.5, 0.6) is 5.75 Å². The first kappa shape index (κ1) is 11.3. The van der Waals surface area contributed by atoms with Crippen LogP contribution in [0.1, 0.15) is 5.56 Å². The highest BCUT2D eigenvalue weighted by molar-refractivity contribution is 8.13. The van der Waals surface area contributed by atoms with Crippen molar-refractivity contribution >= 4 is 19.7 Å². The zero-order valence-electron chi connectivity index (χ0n) is 7.54. The molecule has 6 heteroatoms. The lowest BCUT2D eigenvalue weighted by atomic mass is 10.2. The van der Waals surface area contributed by atoms with Gasteiger partial charge in [-0.2, -0.15) is 0 Å². The third-order valence-electron chi connectivity index (χ3n) is 1.77. The number of hydrogen-bond donors (Lipinski definition) is 0. The Morgan fingerprint density at radius 1 is 1.43 bits per heavy atom. The van der Waals surface area contributed by atoms with Crippen molar-refractivity contribution < 1.29 is 17.5 Å². The van der Waals surface area contributed by atoms with Gasteiger partial charge in [-0.15, -0.1) is 0 Å². The fourth-order valence-electron chi connectivity index (χ4n) is 1.16. The average Bonchev–Trinajstić information content (AvgIpc) is 2.02. The summed E-state index contributed by atoms with van der Waals surface area (Å²) in [5, 5.41) is 0. The highest BCUT2D eigenvalue weighted by Crippen LogP contribution is 2.29. The maximum atomic E-state index is 13.1. The van der Waals surface area contributed by atoms with Gasteiger partial charge in [0.15, 0.2) is 0 Å². The summed E-state index contributed by atoms with van der Waals surface area (Å²) in [6.07, 6.45) is 0. The van der Waals surface area contributed by atoms with Crippen molar-refractivity contribution in [1.29, 1.82) is 0 Å². The molecule has 0 saturated carbocycles. The quantitative estimate of drug-likeness (QED) is 0.741. The highest BCUT2D eigenvalue weighted by atomic mass is 35.7. The van der Waals surface area contributed by atoms with Crippen molar-refractivity contribution in [3.8, 4) is 5.75 Å². The molecule has 0 heterocycles. The first-order chi connectivity index (χ1) is 6.38. The molecule has 0 atom stereocenters. The summed E-state index contributed by atoms with van der Waals surface area (Å²) in [6.45, 7) is 1.43. The molecule has 0 aliphatic carbocycles. The van der Waals surface area contributed by atoms with Crippen molar-refractivity contribution in [1.82, 2.24) is 0 Å². The topological polar surface area (TPSA) is 43.4 Å². The smallest absolute Gasteiger partial charge is 0.264 e. The molecule has 3 nitrogen and oxygen atoms in total. The lowest BCUT2D eigenvalue weighted by Gasteiger charge is -2.08. The van der Waals surface area contributed by atoms with Gasteiger partial charge >= 0.3 is 0 Å². The summed E-state index contributed by atoms with van der Waals surface area (Å²) in [4.78, 5) is -0.529. The minimum Gasteiger partial charge on any atom is -0.496 e. The predicted octanol–water partition coefficient (Wildman–Crippen LogP) is 2.07. The molecule has 1 aromatic carbocycles. The molecule has 0 N–H and O–H groups in total. The number of halogens is 2. The van der Waals surface area contributed by atoms with E-state index in [1.54, 1.807) is 0 Å². The standard InChI is InChI=1S/C8H8ClFO3S/c1-5-7(13-2)4-3-6(10)8(5)14(9,11)12/h3-4H,1-2H3. The van der Waals surface area contributed by atoms with Crippen LogP contribution < -0.4 is 4.74 Å². The van der Waals surface area contributed by atoms with Crippen LogP contribution in [-0.4, -0.2) is 15.5 Å². The third-order valence-corrected chi connectivity index (χ3v) is 3.22. The van der Waals surface area contributed by atoms with Crippen LogP contribution in [0.3, 0.4) is 0 Å². The van der Waals surface area contributed by atoms with Crippen molar-refractivity contribution in [3.05, 3.63) is 23.5 Å². The first-order valence-electron chi connectivity index (χ1n) is 3.65. The molecule has 0 fully saturated rings. The van der Waals surface area contributed by atoms with E-state index >= 15 is 0 Å². The van der Waals surface area contributed by atoms with Crippen LogP contribution in [0.4, 0.5) is 4.39 Å². The molecule has 14 heavy (non-hydrogen) atoms. The van der Waals surface area contributed by atoms with Gasteiger partial charge in [0.2, 0.25) is 0 Å². The second kappa shape index (κ2) is 3.74. The summed E-state index contributed by atoms with van der Waals surface area (Å²) in [6, 6.07) is 2.34. The van der Waals surface area contributed by atoms with Gasteiger partial charge in [-0.25, -0.2) is 12.8 Å². The molecule has 0 aliphatic rings. The van der Waals surface area contributed by atoms with Gasteiger partial charge in [-0.3, -0.25) is 0 Å². The number of methoxy groups -OCH3 is 1. The Kier molecular flexibility index (Phi) is 3.01. The summed E-state index contributed by atoms with van der Waals surface area (Å²) in [5.74, 6) is -0.594. The first-order valence-corrected chi connectivity index (χ1v) is 5.96. The van der Waals surface area contributed by atoms with Crippen LogP contribution in [0, 0.1) is 12.7 Å². The molecule has 0 amide bonds. The number of hydrogen-bond acceptors (Lipinski definition) is 3. The maximum Gasteiger partial charge on any atom is 0.264 e. The number of rotatable bonds is 2. The van der Waals surface area contributed by atoms with Crippen LogP contribution >= 0.6 is 10.7 Å². The minimum absolute atomic E-state index is 0.169. The summed E-state index contributed by atoms with van der Waals surface area (Å²) in [5.41, 5.74) is 0.169. The largest absolute Gasteiger partial charge is 0.496 e. The van der Waals surface area contributed by atoms with Crippen molar-refractivity contribution in [2.75, 3.05) is 7.11 Å². The van der Waals surface area contributed by atoms with Gasteiger partial charge in [0, 0.05) is 16.2 Å². The van der Waals surface area contributed by atoms with Gasteiger partial charge in [0.1, 0.15) is 16.5 Å². The van der Waals surface area contributed by atoms with Crippen LogP contribution in [-0.2, 0) is 9.05 Å². The van der Waals surface area contributed by atoms with Crippen LogP contribution in [0.25, 0.3) is 0 Å². The average molecular weight is 239 g/mol. The van der Waals surface area contributed by atoms with Crippen molar-refractivity contribution in [2.45, 2.75) is 11.8 Å². The molecule has 0 radical (unpaired) electrons. The normalized spacial score (nSPS) is 11.4. The SMILES string of the molecule is COc1ccc(F)c(S(=O)(=O)Cl)c1C. The molecule has 0 saturated heterocycles. The Hall–Kier alpha value is -0.810. The second-order valence-electron chi connectivity index (χ2n) is 2.64. The van der Waals surface area contributed by atoms with E-state index in [2.05, 4.69) is 0 Å². The molecule has 1 aromatic rings. The van der Waals surface area contributed by atoms with Crippen LogP contribution in [0.2, 0.25) is 0 Å². The fraction of sp³-hybridized carbons (Fsp3) is 0.250. The Balaban J connectivity index is 3.57.